The molecule has 0 bridgehead atoms. The molecule has 7 heteroatoms. The van der Waals surface area contributed by atoms with Crippen LogP contribution in [0.4, 0.5) is 8.78 Å². The fraction of sp³-hybridized carbons (Fsp3) is 0.316. The first kappa shape index (κ1) is 20.3. The van der Waals surface area contributed by atoms with Crippen molar-refractivity contribution in [2.75, 3.05) is 6.61 Å². The lowest BCUT2D eigenvalue weighted by Crippen LogP contribution is -2.32. The minimum atomic E-state index is -0.710. The van der Waals surface area contributed by atoms with Crippen molar-refractivity contribution >= 4 is 17.5 Å². The Balaban J connectivity index is 2.40. The molecule has 0 saturated carbocycles. The lowest BCUT2D eigenvalue weighted by atomic mass is 9.85. The van der Waals surface area contributed by atoms with Gasteiger partial charge in [0, 0.05) is 23.6 Å². The van der Waals surface area contributed by atoms with E-state index >= 15 is 0 Å². The normalized spacial score (nSPS) is 13.3. The van der Waals surface area contributed by atoms with Crippen LogP contribution in [0.15, 0.2) is 42.5 Å². The number of benzene rings is 2. The second-order valence-corrected chi connectivity index (χ2v) is 6.27. The third kappa shape index (κ3) is 5.49. The summed E-state index contributed by atoms with van der Waals surface area (Å²) in [5, 5.41) is 9.39. The van der Waals surface area contributed by atoms with E-state index in [0.29, 0.717) is 18.1 Å². The highest BCUT2D eigenvalue weighted by atomic mass is 35.5. The van der Waals surface area contributed by atoms with Gasteiger partial charge in [-0.05, 0) is 42.7 Å². The van der Waals surface area contributed by atoms with Crippen molar-refractivity contribution < 1.29 is 23.5 Å². The van der Waals surface area contributed by atoms with E-state index in [1.807, 2.05) is 0 Å². The number of halogens is 3. The number of ether oxygens (including phenoxy) is 1. The van der Waals surface area contributed by atoms with Gasteiger partial charge in [0.2, 0.25) is 5.91 Å². The molecule has 0 aliphatic rings. The largest absolute Gasteiger partial charge is 0.377 e. The molecule has 2 aromatic rings. The van der Waals surface area contributed by atoms with E-state index in [1.165, 1.54) is 12.1 Å². The molecule has 2 N–H and O–H groups in total. The molecule has 0 heterocycles. The summed E-state index contributed by atoms with van der Waals surface area (Å²) in [4.78, 5) is 11.7. The third-order valence-corrected chi connectivity index (χ3v) is 4.32. The highest BCUT2D eigenvalue weighted by molar-refractivity contribution is 6.30. The smallest absolute Gasteiger partial charge is 0.245 e. The SMILES string of the molecule is CCO[C@H](CC(=O)NO)[C@H](Cc1ccc(Cl)cc1)c1ccc(F)cc1F. The van der Waals surface area contributed by atoms with Crippen LogP contribution in [-0.2, 0) is 16.0 Å². The zero-order valence-electron chi connectivity index (χ0n) is 14.2. The highest BCUT2D eigenvalue weighted by Crippen LogP contribution is 2.31. The standard InChI is InChI=1S/C19H20ClF2NO3/c1-2-26-18(11-19(24)23-25)16(9-12-3-5-13(20)6-4-12)15-8-7-14(21)10-17(15)22/h3-8,10,16,18,25H,2,9,11H2,1H3,(H,23,24)/t16-,18-/m1/s1. The summed E-state index contributed by atoms with van der Waals surface area (Å²) in [6, 6.07) is 10.4. The van der Waals surface area contributed by atoms with Gasteiger partial charge < -0.3 is 4.74 Å². The van der Waals surface area contributed by atoms with Gasteiger partial charge in [0.05, 0.1) is 12.5 Å². The number of carbonyl (C=O) groups is 1. The van der Waals surface area contributed by atoms with Crippen molar-refractivity contribution in [3.8, 4) is 0 Å². The molecule has 0 fully saturated rings. The Morgan fingerprint density at radius 3 is 2.50 bits per heavy atom. The monoisotopic (exact) mass is 383 g/mol. The molecule has 2 atom stereocenters. The summed E-state index contributed by atoms with van der Waals surface area (Å²) in [5.74, 6) is -2.60. The van der Waals surface area contributed by atoms with Crippen LogP contribution in [0.5, 0.6) is 0 Å². The van der Waals surface area contributed by atoms with Crippen LogP contribution in [0.2, 0.25) is 5.02 Å². The van der Waals surface area contributed by atoms with Crippen LogP contribution in [0, 0.1) is 11.6 Å². The van der Waals surface area contributed by atoms with E-state index in [1.54, 1.807) is 36.7 Å². The molecular formula is C19H20ClF2NO3. The quantitative estimate of drug-likeness (QED) is 0.529. The first-order chi connectivity index (χ1) is 12.4. The molecule has 2 aromatic carbocycles. The number of carbonyl (C=O) groups excluding carboxylic acids is 1. The lowest BCUT2D eigenvalue weighted by molar-refractivity contribution is -0.132. The molecule has 0 aliphatic heterocycles. The first-order valence-electron chi connectivity index (χ1n) is 8.18. The van der Waals surface area contributed by atoms with Gasteiger partial charge in [-0.15, -0.1) is 0 Å². The van der Waals surface area contributed by atoms with Gasteiger partial charge in [-0.2, -0.15) is 0 Å². The molecule has 0 saturated heterocycles. The first-order valence-corrected chi connectivity index (χ1v) is 8.56. The zero-order chi connectivity index (χ0) is 19.1. The van der Waals surface area contributed by atoms with Gasteiger partial charge in [0.15, 0.2) is 0 Å². The number of hydroxylamine groups is 1. The van der Waals surface area contributed by atoms with Gasteiger partial charge in [0.25, 0.3) is 0 Å². The predicted octanol–water partition coefficient (Wildman–Crippen LogP) is 4.25. The third-order valence-electron chi connectivity index (χ3n) is 4.07. The van der Waals surface area contributed by atoms with Gasteiger partial charge in [-0.25, -0.2) is 14.3 Å². The fourth-order valence-electron chi connectivity index (χ4n) is 2.88. The van der Waals surface area contributed by atoms with Gasteiger partial charge in [-0.1, -0.05) is 29.8 Å². The maximum Gasteiger partial charge on any atom is 0.245 e. The number of amides is 1. The Labute approximate surface area is 155 Å². The number of nitrogens with one attached hydrogen (secondary N) is 1. The van der Waals surface area contributed by atoms with Gasteiger partial charge in [0.1, 0.15) is 11.6 Å². The Kier molecular flexibility index (Phi) is 7.50. The van der Waals surface area contributed by atoms with E-state index in [-0.39, 0.29) is 12.0 Å². The molecule has 0 aromatic heterocycles. The molecule has 26 heavy (non-hydrogen) atoms. The molecular weight excluding hydrogens is 364 g/mol. The van der Waals surface area contributed by atoms with Crippen LogP contribution < -0.4 is 5.48 Å². The topological polar surface area (TPSA) is 58.6 Å². The Morgan fingerprint density at radius 1 is 1.23 bits per heavy atom. The van der Waals surface area contributed by atoms with Crippen molar-refractivity contribution in [2.24, 2.45) is 0 Å². The Bertz CT molecular complexity index is 740. The summed E-state index contributed by atoms with van der Waals surface area (Å²) < 4.78 is 33.4. The summed E-state index contributed by atoms with van der Waals surface area (Å²) in [6.07, 6.45) is -0.523. The minimum absolute atomic E-state index is 0.167. The molecule has 1 amide bonds. The van der Waals surface area contributed by atoms with Crippen molar-refractivity contribution in [1.29, 1.82) is 0 Å². The Hall–Kier alpha value is -2.02. The van der Waals surface area contributed by atoms with Crippen LogP contribution >= 0.6 is 11.6 Å². The predicted molar refractivity (Wildman–Crippen MR) is 94.2 cm³/mol. The molecule has 4 nitrogen and oxygen atoms in total. The van der Waals surface area contributed by atoms with E-state index in [4.69, 9.17) is 21.5 Å². The van der Waals surface area contributed by atoms with E-state index < -0.39 is 29.6 Å². The second-order valence-electron chi connectivity index (χ2n) is 5.84. The van der Waals surface area contributed by atoms with Crippen molar-refractivity contribution in [1.82, 2.24) is 5.48 Å². The van der Waals surface area contributed by atoms with Crippen molar-refractivity contribution in [3.05, 3.63) is 70.2 Å². The average molecular weight is 384 g/mol. The van der Waals surface area contributed by atoms with E-state index in [2.05, 4.69) is 0 Å². The van der Waals surface area contributed by atoms with E-state index in [0.717, 1.165) is 11.6 Å². The Morgan fingerprint density at radius 2 is 1.92 bits per heavy atom. The van der Waals surface area contributed by atoms with Crippen LogP contribution in [-0.4, -0.2) is 23.8 Å². The summed E-state index contributed by atoms with van der Waals surface area (Å²) in [6.45, 7) is 2.05. The summed E-state index contributed by atoms with van der Waals surface area (Å²) >= 11 is 5.90. The molecule has 0 unspecified atom stereocenters. The molecule has 140 valence electrons. The summed E-state index contributed by atoms with van der Waals surface area (Å²) in [7, 11) is 0. The molecule has 2 rings (SSSR count). The average Bonchev–Trinajstić information content (AvgIpc) is 2.61. The lowest BCUT2D eigenvalue weighted by Gasteiger charge is -2.27. The van der Waals surface area contributed by atoms with Crippen LogP contribution in [0.25, 0.3) is 0 Å². The van der Waals surface area contributed by atoms with Crippen molar-refractivity contribution in [3.63, 3.8) is 0 Å². The molecule has 0 spiro atoms. The highest BCUT2D eigenvalue weighted by Gasteiger charge is 2.29. The van der Waals surface area contributed by atoms with Crippen LogP contribution in [0.1, 0.15) is 30.4 Å². The summed E-state index contributed by atoms with van der Waals surface area (Å²) in [5.41, 5.74) is 2.66. The van der Waals surface area contributed by atoms with Crippen LogP contribution in [0.3, 0.4) is 0 Å². The number of hydrogen-bond donors (Lipinski definition) is 2. The zero-order valence-corrected chi connectivity index (χ0v) is 15.0. The second kappa shape index (κ2) is 9.62. The maximum atomic E-state index is 14.4. The minimum Gasteiger partial charge on any atom is -0.377 e. The van der Waals surface area contributed by atoms with Crippen molar-refractivity contribution in [2.45, 2.75) is 31.8 Å². The number of rotatable bonds is 8. The van der Waals surface area contributed by atoms with Gasteiger partial charge in [-0.3, -0.25) is 10.0 Å². The van der Waals surface area contributed by atoms with Gasteiger partial charge >= 0.3 is 0 Å². The number of hydrogen-bond acceptors (Lipinski definition) is 3. The molecule has 0 radical (unpaired) electrons. The van der Waals surface area contributed by atoms with E-state index in [9.17, 15) is 13.6 Å². The maximum absolute atomic E-state index is 14.4. The molecule has 0 aliphatic carbocycles. The fourth-order valence-corrected chi connectivity index (χ4v) is 3.00.